The number of hydrogen-bond donors (Lipinski definition) is 5. The van der Waals surface area contributed by atoms with Gasteiger partial charge in [-0.1, -0.05) is 12.1 Å². The van der Waals surface area contributed by atoms with Gasteiger partial charge in [-0.05, 0) is 71.3 Å². The number of aliphatic carboxylic acids is 1. The van der Waals surface area contributed by atoms with Gasteiger partial charge in [0.05, 0.1) is 15.7 Å². The molecule has 0 unspecified atom stereocenters. The lowest BCUT2D eigenvalue weighted by atomic mass is 10.1. The van der Waals surface area contributed by atoms with E-state index in [1.54, 1.807) is 6.08 Å². The Morgan fingerprint density at radius 3 is 2.68 bits per heavy atom. The average molecular weight is 590 g/mol. The van der Waals surface area contributed by atoms with Crippen molar-refractivity contribution in [2.75, 3.05) is 37.3 Å². The van der Waals surface area contributed by atoms with E-state index >= 15 is 0 Å². The molecular formula is C24H25BrFN7O3S. The molecule has 0 aliphatic rings. The van der Waals surface area contributed by atoms with Gasteiger partial charge in [0.15, 0.2) is 0 Å². The van der Waals surface area contributed by atoms with E-state index in [-0.39, 0.29) is 11.3 Å². The van der Waals surface area contributed by atoms with Crippen LogP contribution in [0.1, 0.15) is 10.4 Å². The number of rotatable bonds is 13. The Labute approximate surface area is 225 Å². The van der Waals surface area contributed by atoms with Crippen LogP contribution in [0.2, 0.25) is 0 Å². The van der Waals surface area contributed by atoms with Crippen molar-refractivity contribution in [1.82, 2.24) is 19.6 Å². The minimum absolute atomic E-state index is 0.189. The van der Waals surface area contributed by atoms with Gasteiger partial charge in [-0.2, -0.15) is 4.98 Å². The lowest BCUT2D eigenvalue weighted by molar-refractivity contribution is -0.131. The number of carbonyl (C=O) groups is 2. The van der Waals surface area contributed by atoms with Gasteiger partial charge in [0.1, 0.15) is 11.6 Å². The Morgan fingerprint density at radius 2 is 1.97 bits per heavy atom. The molecule has 2 aromatic carbocycles. The molecule has 1 aromatic heterocycles. The van der Waals surface area contributed by atoms with Crippen molar-refractivity contribution in [2.45, 2.75) is 4.90 Å². The molecule has 0 fully saturated rings. The lowest BCUT2D eigenvalue weighted by Crippen LogP contribution is -2.26. The summed E-state index contributed by atoms with van der Waals surface area (Å²) in [5, 5.41) is 14.7. The van der Waals surface area contributed by atoms with Crippen molar-refractivity contribution in [3.8, 4) is 0 Å². The van der Waals surface area contributed by atoms with Crippen LogP contribution < -0.4 is 21.1 Å². The van der Waals surface area contributed by atoms with E-state index in [4.69, 9.17) is 10.8 Å². The summed E-state index contributed by atoms with van der Waals surface area (Å²) in [7, 11) is 1.92. The molecule has 13 heteroatoms. The first-order valence-corrected chi connectivity index (χ1v) is 12.6. The largest absolute Gasteiger partial charge is 0.478 e. The Hall–Kier alpha value is -3.52. The molecule has 0 spiro atoms. The van der Waals surface area contributed by atoms with Gasteiger partial charge < -0.3 is 26.4 Å². The zero-order valence-electron chi connectivity index (χ0n) is 19.7. The van der Waals surface area contributed by atoms with E-state index < -0.39 is 17.7 Å². The van der Waals surface area contributed by atoms with E-state index in [1.165, 1.54) is 30.3 Å². The van der Waals surface area contributed by atoms with Gasteiger partial charge in [0.25, 0.3) is 5.91 Å². The number of nitrogens with one attached hydrogen (secondary N) is 3. The zero-order chi connectivity index (χ0) is 26.8. The fourth-order valence-electron chi connectivity index (χ4n) is 3.05. The summed E-state index contributed by atoms with van der Waals surface area (Å²) >= 11 is 4.84. The molecule has 0 radical (unpaired) electrons. The number of nitrogens with two attached hydrogens (primary N) is 1. The highest BCUT2D eigenvalue weighted by Crippen LogP contribution is 2.28. The number of benzene rings is 2. The number of halogens is 2. The van der Waals surface area contributed by atoms with E-state index in [1.807, 2.05) is 36.2 Å². The second kappa shape index (κ2) is 13.7. The van der Waals surface area contributed by atoms with Gasteiger partial charge >= 0.3 is 5.97 Å². The lowest BCUT2D eigenvalue weighted by Gasteiger charge is -2.14. The molecule has 10 nitrogen and oxygen atoms in total. The third-order valence-electron chi connectivity index (χ3n) is 4.83. The highest BCUT2D eigenvalue weighted by Gasteiger charge is 2.16. The number of carbonyl (C=O) groups excluding carboxylic acids is 1. The number of primary amides is 1. The molecule has 3 aromatic rings. The van der Waals surface area contributed by atoms with E-state index in [0.717, 1.165) is 29.3 Å². The van der Waals surface area contributed by atoms with E-state index in [0.29, 0.717) is 29.3 Å². The number of hydrogen-bond acceptors (Lipinski definition) is 9. The van der Waals surface area contributed by atoms with Gasteiger partial charge in [-0.25, -0.2) is 14.2 Å². The molecule has 0 aliphatic heterocycles. The second-order valence-electron chi connectivity index (χ2n) is 7.69. The fourth-order valence-corrected chi connectivity index (χ4v) is 3.97. The number of likely N-dealkylation sites (N-methyl/N-ethyl adjacent to an activating group) is 1. The molecule has 3 rings (SSSR count). The Kier molecular flexibility index (Phi) is 10.4. The van der Waals surface area contributed by atoms with Crippen molar-refractivity contribution < 1.29 is 19.1 Å². The molecule has 0 atom stereocenters. The van der Waals surface area contributed by atoms with Crippen LogP contribution in [0.5, 0.6) is 0 Å². The van der Waals surface area contributed by atoms with E-state index in [9.17, 15) is 14.0 Å². The first kappa shape index (κ1) is 28.1. The van der Waals surface area contributed by atoms with Crippen molar-refractivity contribution in [3.63, 3.8) is 0 Å². The summed E-state index contributed by atoms with van der Waals surface area (Å²) in [5.74, 6) is -1.96. The second-order valence-corrected chi connectivity index (χ2v) is 9.51. The van der Waals surface area contributed by atoms with Crippen LogP contribution in [0.4, 0.5) is 27.5 Å². The Bertz CT molecular complexity index is 1280. The minimum atomic E-state index is -0.952. The van der Waals surface area contributed by atoms with Gasteiger partial charge in [0.2, 0.25) is 5.95 Å². The standard InChI is InChI=1S/C24H25BrFN7O3S/c1-33(12-3-6-20(34)35)13-11-29-37-16-9-7-15(8-10-16)30-24-28-14-17(25)23(32-24)31-19-5-2-4-18(26)21(19)22(27)36/h2-10,14,29H,11-13H2,1H3,(H2,27,36)(H,34,35)(H2,28,30,31,32)/b6-3+. The summed E-state index contributed by atoms with van der Waals surface area (Å²) in [4.78, 5) is 33.8. The van der Waals surface area contributed by atoms with Crippen LogP contribution in [0, 0.1) is 5.82 Å². The predicted octanol–water partition coefficient (Wildman–Crippen LogP) is 4.13. The van der Waals surface area contributed by atoms with Crippen LogP contribution in [-0.4, -0.2) is 58.5 Å². The number of aromatic nitrogens is 2. The normalized spacial score (nSPS) is 11.1. The van der Waals surface area contributed by atoms with Crippen LogP contribution in [0.15, 0.2) is 70.2 Å². The third kappa shape index (κ3) is 8.82. The molecule has 37 heavy (non-hydrogen) atoms. The molecule has 0 bridgehead atoms. The maximum Gasteiger partial charge on any atom is 0.328 e. The van der Waals surface area contributed by atoms with Gasteiger partial charge in [-0.3, -0.25) is 9.52 Å². The number of carboxylic acids is 1. The van der Waals surface area contributed by atoms with E-state index in [2.05, 4.69) is 41.3 Å². The Balaban J connectivity index is 1.55. The van der Waals surface area contributed by atoms with Crippen LogP contribution in [-0.2, 0) is 4.79 Å². The highest BCUT2D eigenvalue weighted by molar-refractivity contribution is 9.10. The first-order valence-electron chi connectivity index (χ1n) is 11.0. The van der Waals surface area contributed by atoms with Crippen molar-refractivity contribution in [3.05, 3.63) is 76.7 Å². The highest BCUT2D eigenvalue weighted by atomic mass is 79.9. The first-order chi connectivity index (χ1) is 17.7. The summed E-state index contributed by atoms with van der Waals surface area (Å²) in [6.45, 7) is 2.03. The third-order valence-corrected chi connectivity index (χ3v) is 6.27. The van der Waals surface area contributed by atoms with Crippen molar-refractivity contribution in [1.29, 1.82) is 0 Å². The number of nitrogens with zero attached hydrogens (tertiary/aromatic N) is 3. The fraction of sp³-hybridized carbons (Fsp3) is 0.167. The van der Waals surface area contributed by atoms with Crippen LogP contribution in [0.25, 0.3) is 0 Å². The Morgan fingerprint density at radius 1 is 1.22 bits per heavy atom. The summed E-state index contributed by atoms with van der Waals surface area (Å²) < 4.78 is 17.9. The maximum absolute atomic E-state index is 14.1. The van der Waals surface area contributed by atoms with Gasteiger partial charge in [-0.15, -0.1) is 0 Å². The summed E-state index contributed by atoms with van der Waals surface area (Å²) in [6, 6.07) is 11.8. The predicted molar refractivity (Wildman–Crippen MR) is 146 cm³/mol. The summed E-state index contributed by atoms with van der Waals surface area (Å²) in [6.07, 6.45) is 4.27. The molecule has 194 valence electrons. The molecule has 6 N–H and O–H groups in total. The average Bonchev–Trinajstić information content (AvgIpc) is 2.84. The number of anilines is 4. The smallest absolute Gasteiger partial charge is 0.328 e. The molecule has 1 amide bonds. The van der Waals surface area contributed by atoms with Crippen molar-refractivity contribution in [2.24, 2.45) is 5.73 Å². The molecule has 0 saturated heterocycles. The quantitative estimate of drug-likeness (QED) is 0.112. The topological polar surface area (TPSA) is 146 Å². The molecule has 1 heterocycles. The molecular weight excluding hydrogens is 565 g/mol. The molecule has 0 saturated carbocycles. The van der Waals surface area contributed by atoms with Crippen molar-refractivity contribution >= 4 is 62.9 Å². The molecule has 0 aliphatic carbocycles. The number of amides is 1. The SMILES string of the molecule is CN(C/C=C/C(=O)O)CCNSc1ccc(Nc2ncc(Br)c(Nc3cccc(F)c3C(N)=O)n2)cc1. The monoisotopic (exact) mass is 589 g/mol. The zero-order valence-corrected chi connectivity index (χ0v) is 22.1. The maximum atomic E-state index is 14.1. The minimum Gasteiger partial charge on any atom is -0.478 e. The van der Waals surface area contributed by atoms with Gasteiger partial charge in [0, 0.05) is 42.5 Å². The summed E-state index contributed by atoms with van der Waals surface area (Å²) in [5.41, 5.74) is 6.01. The van der Waals surface area contributed by atoms with Crippen LogP contribution in [0.3, 0.4) is 0 Å². The van der Waals surface area contributed by atoms with Crippen LogP contribution >= 0.6 is 27.9 Å². The number of carboxylic acid groups (broad SMARTS) is 1.